The highest BCUT2D eigenvalue weighted by Crippen LogP contribution is 2.20. The molecule has 0 aliphatic rings. The lowest BCUT2D eigenvalue weighted by molar-refractivity contribution is -0.113. The molecule has 0 radical (unpaired) electrons. The van der Waals surface area contributed by atoms with Crippen LogP contribution in [0.5, 0.6) is 5.75 Å². The fourth-order valence-electron chi connectivity index (χ4n) is 1.60. The monoisotopic (exact) mass is 327 g/mol. The van der Waals surface area contributed by atoms with Crippen LogP contribution in [0.2, 0.25) is 0 Å². The largest absolute Gasteiger partial charge is 0.435 e. The number of halogens is 3. The second kappa shape index (κ2) is 7.74. The van der Waals surface area contributed by atoms with Crippen molar-refractivity contribution in [1.29, 1.82) is 0 Å². The van der Waals surface area contributed by atoms with Gasteiger partial charge < -0.3 is 10.1 Å². The zero-order chi connectivity index (χ0) is 15.9. The molecule has 0 spiro atoms. The molecule has 0 fully saturated rings. The minimum atomic E-state index is -2.88. The summed E-state index contributed by atoms with van der Waals surface area (Å²) in [6, 6.07) is 11.4. The average Bonchev–Trinajstić information content (AvgIpc) is 2.48. The van der Waals surface area contributed by atoms with E-state index in [1.165, 1.54) is 48.2 Å². The fraction of sp³-hybridized carbons (Fsp3) is 0.133. The predicted molar refractivity (Wildman–Crippen MR) is 78.8 cm³/mol. The number of carbonyl (C=O) groups is 1. The molecule has 0 aromatic heterocycles. The number of thioether (sulfide) groups is 1. The Morgan fingerprint density at radius 2 is 1.73 bits per heavy atom. The summed E-state index contributed by atoms with van der Waals surface area (Å²) < 4.78 is 40.9. The van der Waals surface area contributed by atoms with Crippen LogP contribution in [-0.2, 0) is 4.79 Å². The molecule has 0 atom stereocenters. The van der Waals surface area contributed by atoms with Gasteiger partial charge in [0.2, 0.25) is 5.91 Å². The van der Waals surface area contributed by atoms with Crippen molar-refractivity contribution in [2.24, 2.45) is 0 Å². The summed E-state index contributed by atoms with van der Waals surface area (Å²) in [6.45, 7) is -2.88. The summed E-state index contributed by atoms with van der Waals surface area (Å²) in [7, 11) is 0. The van der Waals surface area contributed by atoms with Crippen LogP contribution in [-0.4, -0.2) is 18.3 Å². The number of anilines is 1. The zero-order valence-corrected chi connectivity index (χ0v) is 12.1. The van der Waals surface area contributed by atoms with E-state index in [1.54, 1.807) is 12.1 Å². The third-order valence-corrected chi connectivity index (χ3v) is 3.56. The Kier molecular flexibility index (Phi) is 5.71. The molecule has 3 nitrogen and oxygen atoms in total. The van der Waals surface area contributed by atoms with E-state index >= 15 is 0 Å². The Hall–Kier alpha value is -2.15. The first-order valence-electron chi connectivity index (χ1n) is 6.26. The quantitative estimate of drug-likeness (QED) is 0.810. The van der Waals surface area contributed by atoms with Crippen molar-refractivity contribution in [1.82, 2.24) is 0 Å². The molecule has 116 valence electrons. The van der Waals surface area contributed by atoms with Crippen LogP contribution in [0.3, 0.4) is 0 Å². The van der Waals surface area contributed by atoms with Crippen LogP contribution in [0.15, 0.2) is 53.4 Å². The van der Waals surface area contributed by atoms with Crippen molar-refractivity contribution in [3.8, 4) is 5.75 Å². The second-order valence-electron chi connectivity index (χ2n) is 4.19. The lowest BCUT2D eigenvalue weighted by Crippen LogP contribution is -2.13. The molecule has 0 aliphatic carbocycles. The average molecular weight is 327 g/mol. The van der Waals surface area contributed by atoms with Gasteiger partial charge in [0.05, 0.1) is 5.75 Å². The molecule has 0 unspecified atom stereocenters. The zero-order valence-electron chi connectivity index (χ0n) is 11.3. The van der Waals surface area contributed by atoms with E-state index in [2.05, 4.69) is 10.1 Å². The summed E-state index contributed by atoms with van der Waals surface area (Å²) in [5, 5.41) is 2.63. The molecule has 0 saturated heterocycles. The standard InChI is InChI=1S/C15H12F3NO2S/c16-10-1-7-13(8-2-10)22-9-14(20)19-11-3-5-12(6-4-11)21-15(17)18/h1-8,15H,9H2,(H,19,20). The number of ether oxygens (including phenoxy) is 1. The maximum absolute atomic E-state index is 12.7. The minimum Gasteiger partial charge on any atom is -0.435 e. The van der Waals surface area contributed by atoms with E-state index in [0.717, 1.165) is 4.90 Å². The maximum Gasteiger partial charge on any atom is 0.387 e. The summed E-state index contributed by atoms with van der Waals surface area (Å²) in [4.78, 5) is 12.5. The van der Waals surface area contributed by atoms with Crippen LogP contribution in [0.4, 0.5) is 18.9 Å². The number of benzene rings is 2. The van der Waals surface area contributed by atoms with Gasteiger partial charge in [0.25, 0.3) is 0 Å². The summed E-state index contributed by atoms with van der Waals surface area (Å²) >= 11 is 1.27. The van der Waals surface area contributed by atoms with Crippen molar-refractivity contribution in [3.05, 3.63) is 54.3 Å². The Bertz CT molecular complexity index is 618. The van der Waals surface area contributed by atoms with Crippen molar-refractivity contribution < 1.29 is 22.7 Å². The molecule has 2 aromatic carbocycles. The maximum atomic E-state index is 12.7. The third kappa shape index (κ3) is 5.33. The first kappa shape index (κ1) is 16.2. The lowest BCUT2D eigenvalue weighted by atomic mass is 10.3. The Balaban J connectivity index is 1.82. The SMILES string of the molecule is O=C(CSc1ccc(F)cc1)Nc1ccc(OC(F)F)cc1. The van der Waals surface area contributed by atoms with Crippen molar-refractivity contribution in [2.45, 2.75) is 11.5 Å². The van der Waals surface area contributed by atoms with Crippen molar-refractivity contribution in [2.75, 3.05) is 11.1 Å². The van der Waals surface area contributed by atoms with Gasteiger partial charge in [0.1, 0.15) is 11.6 Å². The van der Waals surface area contributed by atoms with Crippen molar-refractivity contribution >= 4 is 23.4 Å². The lowest BCUT2D eigenvalue weighted by Gasteiger charge is -2.07. The number of alkyl halides is 2. The molecule has 2 rings (SSSR count). The van der Waals surface area contributed by atoms with E-state index < -0.39 is 6.61 Å². The molecule has 0 heterocycles. The summed E-state index contributed by atoms with van der Waals surface area (Å²) in [5.74, 6) is -0.411. The fourth-order valence-corrected chi connectivity index (χ4v) is 2.29. The van der Waals surface area contributed by atoms with Gasteiger partial charge in [-0.1, -0.05) is 0 Å². The smallest absolute Gasteiger partial charge is 0.387 e. The predicted octanol–water partition coefficient (Wildman–Crippen LogP) is 4.16. The number of hydrogen-bond acceptors (Lipinski definition) is 3. The van der Waals surface area contributed by atoms with Gasteiger partial charge in [-0.2, -0.15) is 8.78 Å². The van der Waals surface area contributed by atoms with E-state index in [4.69, 9.17) is 0 Å². The summed E-state index contributed by atoms with van der Waals surface area (Å²) in [5.41, 5.74) is 0.478. The van der Waals surface area contributed by atoms with Crippen LogP contribution in [0, 0.1) is 5.82 Å². The molecular formula is C15H12F3NO2S. The first-order valence-corrected chi connectivity index (χ1v) is 7.24. The molecule has 7 heteroatoms. The normalized spacial score (nSPS) is 10.5. The van der Waals surface area contributed by atoms with Gasteiger partial charge in [-0.25, -0.2) is 4.39 Å². The molecule has 0 bridgehead atoms. The number of nitrogens with one attached hydrogen (secondary N) is 1. The summed E-state index contributed by atoms with van der Waals surface area (Å²) in [6.07, 6.45) is 0. The molecule has 2 aromatic rings. The van der Waals surface area contributed by atoms with Crippen LogP contribution >= 0.6 is 11.8 Å². The Morgan fingerprint density at radius 1 is 1.09 bits per heavy atom. The Labute approximate surface area is 129 Å². The number of hydrogen-bond donors (Lipinski definition) is 1. The number of carbonyl (C=O) groups excluding carboxylic acids is 1. The van der Waals surface area contributed by atoms with Gasteiger partial charge >= 0.3 is 6.61 Å². The van der Waals surface area contributed by atoms with Gasteiger partial charge in [-0.15, -0.1) is 11.8 Å². The number of amides is 1. The second-order valence-corrected chi connectivity index (χ2v) is 5.24. The van der Waals surface area contributed by atoms with Crippen LogP contribution in [0.25, 0.3) is 0 Å². The van der Waals surface area contributed by atoms with Gasteiger partial charge in [-0.3, -0.25) is 4.79 Å². The van der Waals surface area contributed by atoms with Crippen molar-refractivity contribution in [3.63, 3.8) is 0 Å². The van der Waals surface area contributed by atoms with E-state index in [0.29, 0.717) is 5.69 Å². The van der Waals surface area contributed by atoms with Gasteiger partial charge in [-0.05, 0) is 48.5 Å². The third-order valence-electron chi connectivity index (χ3n) is 2.55. The first-order chi connectivity index (χ1) is 10.5. The highest BCUT2D eigenvalue weighted by atomic mass is 32.2. The van der Waals surface area contributed by atoms with E-state index in [-0.39, 0.29) is 23.2 Å². The molecule has 0 saturated carbocycles. The highest BCUT2D eigenvalue weighted by molar-refractivity contribution is 8.00. The molecule has 1 N–H and O–H groups in total. The van der Waals surface area contributed by atoms with E-state index in [9.17, 15) is 18.0 Å². The van der Waals surface area contributed by atoms with Crippen LogP contribution < -0.4 is 10.1 Å². The molecule has 0 aliphatic heterocycles. The van der Waals surface area contributed by atoms with Gasteiger partial charge in [0.15, 0.2) is 0 Å². The highest BCUT2D eigenvalue weighted by Gasteiger charge is 2.06. The minimum absolute atomic E-state index is 0.0219. The van der Waals surface area contributed by atoms with Gasteiger partial charge in [0, 0.05) is 10.6 Å². The molecule has 22 heavy (non-hydrogen) atoms. The number of rotatable bonds is 6. The Morgan fingerprint density at radius 3 is 2.32 bits per heavy atom. The van der Waals surface area contributed by atoms with Crippen LogP contribution in [0.1, 0.15) is 0 Å². The topological polar surface area (TPSA) is 38.3 Å². The van der Waals surface area contributed by atoms with E-state index in [1.807, 2.05) is 0 Å². The molecule has 1 amide bonds. The molecular weight excluding hydrogens is 315 g/mol.